The highest BCUT2D eigenvalue weighted by molar-refractivity contribution is 9.09. The van der Waals surface area contributed by atoms with Crippen LogP contribution in [0.2, 0.25) is 0 Å². The number of hydrogen-bond acceptors (Lipinski definition) is 2. The Morgan fingerprint density at radius 2 is 2.29 bits per heavy atom. The summed E-state index contributed by atoms with van der Waals surface area (Å²) in [6.07, 6.45) is 0.648. The molecule has 5 heteroatoms. The Balaban J connectivity index is 2.94. The molecule has 0 aromatic heterocycles. The number of alkyl halides is 1. The van der Waals surface area contributed by atoms with Gasteiger partial charge in [0.2, 0.25) is 5.82 Å². The molecule has 0 aliphatic heterocycles. The van der Waals surface area contributed by atoms with Gasteiger partial charge in [-0.1, -0.05) is 28.9 Å². The van der Waals surface area contributed by atoms with Gasteiger partial charge in [0, 0.05) is 10.9 Å². The molecule has 76 valence electrons. The fourth-order valence-corrected chi connectivity index (χ4v) is 1.52. The van der Waals surface area contributed by atoms with Crippen LogP contribution in [0.3, 0.4) is 0 Å². The van der Waals surface area contributed by atoms with E-state index in [1.54, 1.807) is 6.07 Å². The number of nitro benzene ring substituents is 1. The molecule has 1 rings (SSSR count). The van der Waals surface area contributed by atoms with Gasteiger partial charge in [-0.25, -0.2) is 0 Å². The summed E-state index contributed by atoms with van der Waals surface area (Å²) in [5.74, 6) is -0.777. The molecule has 3 nitrogen and oxygen atoms in total. The number of halogens is 2. The number of hydrogen-bond donors (Lipinski definition) is 0. The molecule has 1 aromatic carbocycles. The summed E-state index contributed by atoms with van der Waals surface area (Å²) in [5.41, 5.74) is 0.272. The molecule has 0 saturated heterocycles. The maximum atomic E-state index is 13.1. The van der Waals surface area contributed by atoms with Gasteiger partial charge in [0.25, 0.3) is 0 Å². The second kappa shape index (κ2) is 4.50. The lowest BCUT2D eigenvalue weighted by Crippen LogP contribution is -1.99. The van der Waals surface area contributed by atoms with Crippen molar-refractivity contribution in [3.8, 4) is 0 Å². The monoisotopic (exact) mass is 261 g/mol. The van der Waals surface area contributed by atoms with Crippen LogP contribution in [0.1, 0.15) is 12.5 Å². The molecule has 0 N–H and O–H groups in total. The van der Waals surface area contributed by atoms with Crippen LogP contribution in [-0.4, -0.2) is 9.75 Å². The minimum absolute atomic E-state index is 0.225. The molecule has 0 aliphatic carbocycles. The average molecular weight is 262 g/mol. The normalized spacial score (nSPS) is 12.5. The van der Waals surface area contributed by atoms with E-state index in [-0.39, 0.29) is 4.83 Å². The van der Waals surface area contributed by atoms with Gasteiger partial charge in [0.15, 0.2) is 0 Å². The summed E-state index contributed by atoms with van der Waals surface area (Å²) in [7, 11) is 0. The SMILES string of the molecule is CC(Br)Cc1ccc([N+](=O)[O-])c(F)c1. The predicted octanol–water partition coefficient (Wildman–Crippen LogP) is 3.06. The molecule has 0 heterocycles. The molecule has 0 saturated carbocycles. The Labute approximate surface area is 89.2 Å². The largest absolute Gasteiger partial charge is 0.304 e. The minimum atomic E-state index is -0.777. The van der Waals surface area contributed by atoms with E-state index < -0.39 is 16.4 Å². The van der Waals surface area contributed by atoms with Crippen molar-refractivity contribution in [2.75, 3.05) is 0 Å². The van der Waals surface area contributed by atoms with Crippen molar-refractivity contribution in [1.29, 1.82) is 0 Å². The molecule has 1 unspecified atom stereocenters. The van der Waals surface area contributed by atoms with Crippen LogP contribution >= 0.6 is 15.9 Å². The van der Waals surface area contributed by atoms with Crippen molar-refractivity contribution in [2.24, 2.45) is 0 Å². The summed E-state index contributed by atoms with van der Waals surface area (Å²) >= 11 is 3.33. The zero-order valence-corrected chi connectivity index (χ0v) is 9.12. The Bertz CT molecular complexity index is 355. The first-order valence-electron chi connectivity index (χ1n) is 4.07. The van der Waals surface area contributed by atoms with Gasteiger partial charge in [-0.2, -0.15) is 4.39 Å². The second-order valence-corrected chi connectivity index (χ2v) is 4.59. The highest BCUT2D eigenvalue weighted by Gasteiger charge is 2.13. The van der Waals surface area contributed by atoms with E-state index in [2.05, 4.69) is 15.9 Å². The van der Waals surface area contributed by atoms with Crippen molar-refractivity contribution in [3.63, 3.8) is 0 Å². The third kappa shape index (κ3) is 2.77. The maximum absolute atomic E-state index is 13.1. The van der Waals surface area contributed by atoms with E-state index in [0.29, 0.717) is 6.42 Å². The molecule has 0 fully saturated rings. The molecular weight excluding hydrogens is 253 g/mol. The lowest BCUT2D eigenvalue weighted by atomic mass is 10.1. The fraction of sp³-hybridized carbons (Fsp3) is 0.333. The molecule has 0 radical (unpaired) electrons. The number of nitrogens with zero attached hydrogens (tertiary/aromatic N) is 1. The topological polar surface area (TPSA) is 43.1 Å². The Morgan fingerprint density at radius 3 is 2.71 bits per heavy atom. The van der Waals surface area contributed by atoms with Crippen LogP contribution in [0.4, 0.5) is 10.1 Å². The fourth-order valence-electron chi connectivity index (χ4n) is 1.15. The number of nitro groups is 1. The van der Waals surface area contributed by atoms with Crippen molar-refractivity contribution >= 4 is 21.6 Å². The lowest BCUT2D eigenvalue weighted by Gasteiger charge is -2.03. The average Bonchev–Trinajstić information content (AvgIpc) is 2.01. The zero-order chi connectivity index (χ0) is 10.7. The molecular formula is C9H9BrFNO2. The van der Waals surface area contributed by atoms with Crippen LogP contribution in [0.5, 0.6) is 0 Å². The van der Waals surface area contributed by atoms with Crippen molar-refractivity contribution in [3.05, 3.63) is 39.7 Å². The van der Waals surface area contributed by atoms with E-state index in [4.69, 9.17) is 0 Å². The van der Waals surface area contributed by atoms with Crippen LogP contribution in [-0.2, 0) is 6.42 Å². The van der Waals surface area contributed by atoms with Gasteiger partial charge < -0.3 is 0 Å². The highest BCUT2D eigenvalue weighted by atomic mass is 79.9. The summed E-state index contributed by atoms with van der Waals surface area (Å²) in [6, 6.07) is 3.97. The van der Waals surface area contributed by atoms with Gasteiger partial charge in [-0.15, -0.1) is 0 Å². The van der Waals surface area contributed by atoms with Gasteiger partial charge in [-0.3, -0.25) is 10.1 Å². The number of rotatable bonds is 3. The van der Waals surface area contributed by atoms with E-state index in [9.17, 15) is 14.5 Å². The molecule has 0 spiro atoms. The van der Waals surface area contributed by atoms with Crippen molar-refractivity contribution in [2.45, 2.75) is 18.2 Å². The Hall–Kier alpha value is -0.970. The van der Waals surface area contributed by atoms with Crippen molar-refractivity contribution < 1.29 is 9.31 Å². The van der Waals surface area contributed by atoms with Crippen LogP contribution < -0.4 is 0 Å². The summed E-state index contributed by atoms with van der Waals surface area (Å²) in [6.45, 7) is 1.93. The molecule has 0 aliphatic rings. The molecule has 0 amide bonds. The first-order chi connectivity index (χ1) is 6.50. The molecule has 0 bridgehead atoms. The smallest absolute Gasteiger partial charge is 0.258 e. The third-order valence-corrected chi connectivity index (χ3v) is 2.05. The van der Waals surface area contributed by atoms with E-state index in [1.165, 1.54) is 12.1 Å². The van der Waals surface area contributed by atoms with E-state index in [0.717, 1.165) is 5.56 Å². The van der Waals surface area contributed by atoms with Gasteiger partial charge in [0.05, 0.1) is 4.92 Å². The third-order valence-electron chi connectivity index (χ3n) is 1.73. The van der Waals surface area contributed by atoms with Gasteiger partial charge >= 0.3 is 5.69 Å². The number of benzene rings is 1. The predicted molar refractivity (Wildman–Crippen MR) is 55.1 cm³/mol. The molecule has 1 atom stereocenters. The Morgan fingerprint density at radius 1 is 1.64 bits per heavy atom. The summed E-state index contributed by atoms with van der Waals surface area (Å²) < 4.78 is 13.1. The molecule has 1 aromatic rings. The second-order valence-electron chi connectivity index (χ2n) is 3.03. The van der Waals surface area contributed by atoms with Gasteiger partial charge in [0.1, 0.15) is 0 Å². The van der Waals surface area contributed by atoms with Crippen LogP contribution in [0.25, 0.3) is 0 Å². The maximum Gasteiger partial charge on any atom is 0.304 e. The lowest BCUT2D eigenvalue weighted by molar-refractivity contribution is -0.387. The van der Waals surface area contributed by atoms with Crippen molar-refractivity contribution in [1.82, 2.24) is 0 Å². The summed E-state index contributed by atoms with van der Waals surface area (Å²) in [4.78, 5) is 9.81. The standard InChI is InChI=1S/C9H9BrFNO2/c1-6(10)4-7-2-3-9(12(13)14)8(11)5-7/h2-3,5-6H,4H2,1H3. The van der Waals surface area contributed by atoms with E-state index >= 15 is 0 Å². The zero-order valence-electron chi connectivity index (χ0n) is 7.54. The quantitative estimate of drug-likeness (QED) is 0.477. The van der Waals surface area contributed by atoms with Gasteiger partial charge in [-0.05, 0) is 18.1 Å². The minimum Gasteiger partial charge on any atom is -0.258 e. The first-order valence-corrected chi connectivity index (χ1v) is 4.99. The highest BCUT2D eigenvalue weighted by Crippen LogP contribution is 2.19. The van der Waals surface area contributed by atoms with Crippen LogP contribution in [0, 0.1) is 15.9 Å². The Kier molecular flexibility index (Phi) is 3.57. The van der Waals surface area contributed by atoms with Crippen LogP contribution in [0.15, 0.2) is 18.2 Å². The summed E-state index contributed by atoms with van der Waals surface area (Å²) in [5, 5.41) is 10.3. The molecule has 14 heavy (non-hydrogen) atoms. The first kappa shape index (κ1) is 11.1. The van der Waals surface area contributed by atoms with E-state index in [1.807, 2.05) is 6.92 Å².